The number of nitrogens with zero attached hydrogens (tertiary/aromatic N) is 2. The minimum Gasteiger partial charge on any atom is -0.321 e. The number of carbonyl (C=O) groups excluding carboxylic acids is 1. The second-order valence-corrected chi connectivity index (χ2v) is 5.26. The molecule has 0 bridgehead atoms. The zero-order chi connectivity index (χ0) is 13.4. The highest BCUT2D eigenvalue weighted by atomic mass is 16.2. The topological polar surface area (TPSA) is 72.9 Å². The fourth-order valence-corrected chi connectivity index (χ4v) is 1.62. The van der Waals surface area contributed by atoms with Crippen molar-refractivity contribution in [3.63, 3.8) is 0 Å². The third kappa shape index (κ3) is 2.85. The van der Waals surface area contributed by atoms with E-state index in [2.05, 4.69) is 24.3 Å². The minimum atomic E-state index is -0.890. The van der Waals surface area contributed by atoms with Crippen LogP contribution in [0.5, 0.6) is 0 Å². The predicted octanol–water partition coefficient (Wildman–Crippen LogP) is 1.76. The van der Waals surface area contributed by atoms with Crippen molar-refractivity contribution in [2.45, 2.75) is 53.1 Å². The van der Waals surface area contributed by atoms with Crippen LogP contribution in [0.2, 0.25) is 0 Å². The monoisotopic (exact) mass is 238 g/mol. The van der Waals surface area contributed by atoms with Gasteiger partial charge in [-0.1, -0.05) is 0 Å². The molecule has 0 saturated heterocycles. The predicted molar refractivity (Wildman–Crippen MR) is 69.0 cm³/mol. The zero-order valence-corrected chi connectivity index (χ0v) is 11.5. The Morgan fingerprint density at radius 2 is 1.94 bits per heavy atom. The Morgan fingerprint density at radius 1 is 1.41 bits per heavy atom. The molecule has 0 aliphatic heterocycles. The molecule has 0 aliphatic carbocycles. The lowest BCUT2D eigenvalue weighted by Gasteiger charge is -2.18. The Labute approximate surface area is 102 Å². The number of anilines is 1. The Bertz CT molecular complexity index is 426. The van der Waals surface area contributed by atoms with E-state index >= 15 is 0 Å². The molecule has 1 amide bonds. The van der Waals surface area contributed by atoms with Gasteiger partial charge in [0.2, 0.25) is 5.91 Å². The second kappa shape index (κ2) is 4.49. The maximum absolute atomic E-state index is 11.8. The quantitative estimate of drug-likeness (QED) is 0.842. The number of carbonyl (C=O) groups is 1. The number of aryl methyl sites for hydroxylation is 1. The van der Waals surface area contributed by atoms with Crippen LogP contribution in [0.25, 0.3) is 0 Å². The minimum absolute atomic E-state index is 0.202. The maximum Gasteiger partial charge on any atom is 0.243 e. The van der Waals surface area contributed by atoms with Crippen LogP contribution in [0.4, 0.5) is 5.69 Å². The summed E-state index contributed by atoms with van der Waals surface area (Å²) < 4.78 is 1.90. The van der Waals surface area contributed by atoms with E-state index in [9.17, 15) is 4.79 Å². The van der Waals surface area contributed by atoms with Crippen molar-refractivity contribution in [3.05, 3.63) is 11.4 Å². The summed E-state index contributed by atoms with van der Waals surface area (Å²) in [6.07, 6.45) is 0. The molecule has 5 heteroatoms. The van der Waals surface area contributed by atoms with Crippen molar-refractivity contribution in [2.75, 3.05) is 5.32 Å². The molecule has 96 valence electrons. The average Bonchev–Trinajstić information content (AvgIpc) is 2.44. The molecule has 0 unspecified atom stereocenters. The van der Waals surface area contributed by atoms with E-state index in [0.29, 0.717) is 0 Å². The van der Waals surface area contributed by atoms with Gasteiger partial charge in [0, 0.05) is 6.04 Å². The highest BCUT2D eigenvalue weighted by molar-refractivity contribution is 5.98. The Kier molecular flexibility index (Phi) is 3.62. The average molecular weight is 238 g/mol. The first-order valence-corrected chi connectivity index (χ1v) is 5.80. The fourth-order valence-electron chi connectivity index (χ4n) is 1.62. The van der Waals surface area contributed by atoms with Gasteiger partial charge in [-0.2, -0.15) is 5.10 Å². The number of nitrogens with two attached hydrogens (primary N) is 1. The molecule has 5 nitrogen and oxygen atoms in total. The summed E-state index contributed by atoms with van der Waals surface area (Å²) in [6.45, 7) is 11.3. The number of hydrogen-bond donors (Lipinski definition) is 2. The summed E-state index contributed by atoms with van der Waals surface area (Å²) in [5.41, 5.74) is 7.40. The van der Waals surface area contributed by atoms with Gasteiger partial charge in [-0.15, -0.1) is 0 Å². The van der Waals surface area contributed by atoms with E-state index in [1.165, 1.54) is 0 Å². The Hall–Kier alpha value is -1.36. The van der Waals surface area contributed by atoms with Gasteiger partial charge in [0.05, 0.1) is 22.6 Å². The molecule has 0 aromatic carbocycles. The summed E-state index contributed by atoms with van der Waals surface area (Å²) in [7, 11) is 0. The molecule has 3 N–H and O–H groups in total. The summed E-state index contributed by atoms with van der Waals surface area (Å²) >= 11 is 0. The zero-order valence-electron chi connectivity index (χ0n) is 11.5. The smallest absolute Gasteiger partial charge is 0.243 e. The van der Waals surface area contributed by atoms with Crippen LogP contribution in [0.1, 0.15) is 45.1 Å². The number of amides is 1. The largest absolute Gasteiger partial charge is 0.321 e. The van der Waals surface area contributed by atoms with Crippen LogP contribution < -0.4 is 11.1 Å². The number of rotatable bonds is 3. The number of nitrogens with one attached hydrogen (secondary N) is 1. The lowest BCUT2D eigenvalue weighted by atomic mass is 10.1. The van der Waals surface area contributed by atoms with Crippen molar-refractivity contribution in [1.29, 1.82) is 0 Å². The molecule has 0 spiro atoms. The standard InChI is InChI=1S/C12H22N4O/c1-7(2)16-9(4)10(8(3)15-16)14-11(17)12(5,6)13/h7H,13H2,1-6H3,(H,14,17). The molecule has 0 fully saturated rings. The lowest BCUT2D eigenvalue weighted by Crippen LogP contribution is -2.45. The van der Waals surface area contributed by atoms with E-state index in [0.717, 1.165) is 17.1 Å². The Balaban J connectivity index is 3.04. The van der Waals surface area contributed by atoms with Gasteiger partial charge < -0.3 is 11.1 Å². The molecular formula is C12H22N4O. The van der Waals surface area contributed by atoms with Crippen molar-refractivity contribution in [1.82, 2.24) is 9.78 Å². The van der Waals surface area contributed by atoms with Gasteiger partial charge in [-0.25, -0.2) is 0 Å². The molecule has 17 heavy (non-hydrogen) atoms. The molecule has 0 atom stereocenters. The molecule has 1 aromatic rings. The van der Waals surface area contributed by atoms with Crippen LogP contribution in [0.15, 0.2) is 0 Å². The van der Waals surface area contributed by atoms with Crippen molar-refractivity contribution >= 4 is 11.6 Å². The summed E-state index contributed by atoms with van der Waals surface area (Å²) in [6, 6.07) is 0.269. The summed E-state index contributed by atoms with van der Waals surface area (Å²) in [5.74, 6) is -0.202. The van der Waals surface area contributed by atoms with E-state index < -0.39 is 5.54 Å². The number of hydrogen-bond acceptors (Lipinski definition) is 3. The molecule has 0 saturated carbocycles. The summed E-state index contributed by atoms with van der Waals surface area (Å²) in [4.78, 5) is 11.8. The lowest BCUT2D eigenvalue weighted by molar-refractivity contribution is -0.120. The molecule has 0 aliphatic rings. The van der Waals surface area contributed by atoms with Crippen LogP contribution in [-0.2, 0) is 4.79 Å². The van der Waals surface area contributed by atoms with Gasteiger partial charge in [-0.3, -0.25) is 9.48 Å². The van der Waals surface area contributed by atoms with Gasteiger partial charge in [0.1, 0.15) is 0 Å². The van der Waals surface area contributed by atoms with Gasteiger partial charge in [0.25, 0.3) is 0 Å². The highest BCUT2D eigenvalue weighted by Crippen LogP contribution is 2.23. The van der Waals surface area contributed by atoms with E-state index in [1.807, 2.05) is 18.5 Å². The van der Waals surface area contributed by atoms with Gasteiger partial charge in [0.15, 0.2) is 0 Å². The fraction of sp³-hybridized carbons (Fsp3) is 0.667. The third-order valence-corrected chi connectivity index (χ3v) is 2.64. The SMILES string of the molecule is Cc1nn(C(C)C)c(C)c1NC(=O)C(C)(C)N. The maximum atomic E-state index is 11.8. The molecule has 0 radical (unpaired) electrons. The molecule has 1 rings (SSSR count). The van der Waals surface area contributed by atoms with Crippen molar-refractivity contribution < 1.29 is 4.79 Å². The van der Waals surface area contributed by atoms with Crippen LogP contribution in [0, 0.1) is 13.8 Å². The first-order chi connectivity index (χ1) is 7.64. The van der Waals surface area contributed by atoms with Crippen LogP contribution in [0.3, 0.4) is 0 Å². The first-order valence-electron chi connectivity index (χ1n) is 5.80. The molecule has 1 heterocycles. The molecular weight excluding hydrogens is 216 g/mol. The number of aromatic nitrogens is 2. The van der Waals surface area contributed by atoms with E-state index in [1.54, 1.807) is 13.8 Å². The first kappa shape index (κ1) is 13.7. The van der Waals surface area contributed by atoms with Crippen LogP contribution >= 0.6 is 0 Å². The molecule has 1 aromatic heterocycles. The van der Waals surface area contributed by atoms with E-state index in [-0.39, 0.29) is 11.9 Å². The van der Waals surface area contributed by atoms with Gasteiger partial charge in [-0.05, 0) is 41.5 Å². The van der Waals surface area contributed by atoms with Crippen molar-refractivity contribution in [3.8, 4) is 0 Å². The third-order valence-electron chi connectivity index (χ3n) is 2.64. The van der Waals surface area contributed by atoms with Crippen molar-refractivity contribution in [2.24, 2.45) is 5.73 Å². The normalized spacial score (nSPS) is 12.0. The second-order valence-electron chi connectivity index (χ2n) is 5.26. The van der Waals surface area contributed by atoms with Crippen LogP contribution in [-0.4, -0.2) is 21.2 Å². The highest BCUT2D eigenvalue weighted by Gasteiger charge is 2.24. The Morgan fingerprint density at radius 3 is 2.29 bits per heavy atom. The summed E-state index contributed by atoms with van der Waals surface area (Å²) in [5, 5.41) is 7.25. The van der Waals surface area contributed by atoms with Gasteiger partial charge >= 0.3 is 0 Å². The van der Waals surface area contributed by atoms with E-state index in [4.69, 9.17) is 5.73 Å².